The highest BCUT2D eigenvalue weighted by Crippen LogP contribution is 2.27. The number of imide groups is 1. The lowest BCUT2D eigenvalue weighted by Gasteiger charge is -2.36. The van der Waals surface area contributed by atoms with E-state index in [9.17, 15) is 14.4 Å². The lowest BCUT2D eigenvalue weighted by Crippen LogP contribution is -2.50. The zero-order valence-electron chi connectivity index (χ0n) is 17.3. The average Bonchev–Trinajstić information content (AvgIpc) is 2.98. The molecule has 4 amide bonds. The summed E-state index contributed by atoms with van der Waals surface area (Å²) in [4.78, 5) is 43.1. The summed E-state index contributed by atoms with van der Waals surface area (Å²) in [6.07, 6.45) is 0. The van der Waals surface area contributed by atoms with Crippen molar-refractivity contribution in [3.63, 3.8) is 0 Å². The van der Waals surface area contributed by atoms with E-state index < -0.39 is 0 Å². The number of para-hydroxylation sites is 1. The molecule has 156 valence electrons. The van der Waals surface area contributed by atoms with Gasteiger partial charge in [-0.1, -0.05) is 32.0 Å². The van der Waals surface area contributed by atoms with Crippen molar-refractivity contribution in [2.75, 3.05) is 42.9 Å². The van der Waals surface area contributed by atoms with E-state index in [0.717, 1.165) is 18.8 Å². The van der Waals surface area contributed by atoms with Gasteiger partial charge in [0.1, 0.15) is 0 Å². The molecule has 0 unspecified atom stereocenters. The summed E-state index contributed by atoms with van der Waals surface area (Å²) in [6.45, 7) is 7.08. The highest BCUT2D eigenvalue weighted by molar-refractivity contribution is 6.21. The second kappa shape index (κ2) is 8.18. The van der Waals surface area contributed by atoms with Gasteiger partial charge in [0.15, 0.2) is 0 Å². The average molecular weight is 406 g/mol. The predicted molar refractivity (Wildman–Crippen MR) is 116 cm³/mol. The fourth-order valence-electron chi connectivity index (χ4n) is 3.91. The Hall–Kier alpha value is -3.35. The Bertz CT molecular complexity index is 966. The van der Waals surface area contributed by atoms with Crippen LogP contribution in [0.25, 0.3) is 0 Å². The first-order valence-electron chi connectivity index (χ1n) is 10.3. The molecule has 7 nitrogen and oxygen atoms in total. The topological polar surface area (TPSA) is 73.0 Å². The molecule has 0 saturated carbocycles. The highest BCUT2D eigenvalue weighted by atomic mass is 16.2. The van der Waals surface area contributed by atoms with Gasteiger partial charge < -0.3 is 15.1 Å². The maximum absolute atomic E-state index is 12.7. The minimum atomic E-state index is -0.295. The van der Waals surface area contributed by atoms with E-state index in [1.807, 2.05) is 32.0 Å². The number of carbonyl (C=O) groups is 3. The molecule has 0 aromatic heterocycles. The summed E-state index contributed by atoms with van der Waals surface area (Å²) < 4.78 is 0. The molecule has 0 spiro atoms. The Labute approximate surface area is 176 Å². The van der Waals surface area contributed by atoms with Crippen LogP contribution >= 0.6 is 0 Å². The second-order valence-corrected chi connectivity index (χ2v) is 8.11. The summed E-state index contributed by atoms with van der Waals surface area (Å²) >= 11 is 0. The Morgan fingerprint density at radius 3 is 2.27 bits per heavy atom. The van der Waals surface area contributed by atoms with Crippen LogP contribution in [-0.4, -0.2) is 60.4 Å². The molecule has 1 saturated heterocycles. The van der Waals surface area contributed by atoms with Crippen LogP contribution in [0.3, 0.4) is 0 Å². The van der Waals surface area contributed by atoms with Crippen LogP contribution in [0.1, 0.15) is 34.6 Å². The van der Waals surface area contributed by atoms with Crippen LogP contribution < -0.4 is 10.2 Å². The molecule has 7 heteroatoms. The van der Waals surface area contributed by atoms with E-state index in [1.54, 1.807) is 23.1 Å². The molecule has 1 N–H and O–H groups in total. The molecule has 0 bridgehead atoms. The predicted octanol–water partition coefficient (Wildman–Crippen LogP) is 3.29. The summed E-state index contributed by atoms with van der Waals surface area (Å²) in [5.41, 5.74) is 2.43. The fourth-order valence-corrected chi connectivity index (χ4v) is 3.91. The molecule has 0 radical (unpaired) electrons. The molecular formula is C23H26N4O3. The number of fused-ring (bicyclic) bond motifs is 1. The molecule has 0 aliphatic carbocycles. The lowest BCUT2D eigenvalue weighted by molar-refractivity contribution is 0.0636. The largest absolute Gasteiger partial charge is 0.368 e. The van der Waals surface area contributed by atoms with Crippen molar-refractivity contribution in [3.8, 4) is 0 Å². The maximum Gasteiger partial charge on any atom is 0.321 e. The fraction of sp³-hybridized carbons (Fsp3) is 0.348. The standard InChI is InChI=1S/C23H26N4O3/c1-16(2)15-27-21(28)19-9-8-17(14-20(19)22(27)29)24-23(30)26-12-10-25(11-13-26)18-6-4-3-5-7-18/h3-9,14,16H,10-13,15H2,1-2H3,(H,24,30). The third kappa shape index (κ3) is 3.87. The van der Waals surface area contributed by atoms with E-state index in [2.05, 4.69) is 22.3 Å². The van der Waals surface area contributed by atoms with Crippen molar-refractivity contribution in [1.29, 1.82) is 0 Å². The maximum atomic E-state index is 12.7. The number of nitrogens with one attached hydrogen (secondary N) is 1. The van der Waals surface area contributed by atoms with Crippen molar-refractivity contribution < 1.29 is 14.4 Å². The minimum absolute atomic E-state index is 0.195. The molecule has 4 rings (SSSR count). The third-order valence-electron chi connectivity index (χ3n) is 5.46. The van der Waals surface area contributed by atoms with Gasteiger partial charge in [-0.3, -0.25) is 14.5 Å². The number of rotatable bonds is 4. The molecule has 2 aromatic rings. The van der Waals surface area contributed by atoms with Gasteiger partial charge in [0.2, 0.25) is 0 Å². The van der Waals surface area contributed by atoms with Gasteiger partial charge in [0.05, 0.1) is 11.1 Å². The van der Waals surface area contributed by atoms with Crippen LogP contribution in [0.15, 0.2) is 48.5 Å². The summed E-state index contributed by atoms with van der Waals surface area (Å²) in [5.74, 6) is -0.365. The summed E-state index contributed by atoms with van der Waals surface area (Å²) in [5, 5.41) is 2.87. The smallest absolute Gasteiger partial charge is 0.321 e. The minimum Gasteiger partial charge on any atom is -0.368 e. The Morgan fingerprint density at radius 1 is 0.933 bits per heavy atom. The monoisotopic (exact) mass is 406 g/mol. The number of hydrogen-bond acceptors (Lipinski definition) is 4. The van der Waals surface area contributed by atoms with Crippen LogP contribution in [-0.2, 0) is 0 Å². The first kappa shape index (κ1) is 19.9. The molecule has 2 aliphatic heterocycles. The summed E-state index contributed by atoms with van der Waals surface area (Å²) in [7, 11) is 0. The van der Waals surface area contributed by atoms with Crippen molar-refractivity contribution in [3.05, 3.63) is 59.7 Å². The highest BCUT2D eigenvalue weighted by Gasteiger charge is 2.36. The molecular weight excluding hydrogens is 380 g/mol. The van der Waals surface area contributed by atoms with E-state index in [-0.39, 0.29) is 23.8 Å². The first-order valence-corrected chi connectivity index (χ1v) is 10.3. The molecule has 30 heavy (non-hydrogen) atoms. The van der Waals surface area contributed by atoms with Crippen molar-refractivity contribution >= 4 is 29.2 Å². The number of hydrogen-bond donors (Lipinski definition) is 1. The first-order chi connectivity index (χ1) is 14.4. The zero-order valence-corrected chi connectivity index (χ0v) is 17.3. The number of piperazine rings is 1. The Kier molecular flexibility index (Phi) is 5.44. The number of carbonyl (C=O) groups excluding carboxylic acids is 3. The SMILES string of the molecule is CC(C)CN1C(=O)c2ccc(NC(=O)N3CCN(c4ccccc4)CC3)cc2C1=O. The number of amides is 4. The number of urea groups is 1. The molecule has 2 heterocycles. The van der Waals surface area contributed by atoms with E-state index in [1.165, 1.54) is 4.90 Å². The van der Waals surface area contributed by atoms with Crippen molar-refractivity contribution in [2.45, 2.75) is 13.8 Å². The van der Waals surface area contributed by atoms with Crippen LogP contribution in [0.4, 0.5) is 16.2 Å². The van der Waals surface area contributed by atoms with E-state index in [0.29, 0.717) is 36.4 Å². The van der Waals surface area contributed by atoms with Gasteiger partial charge in [-0.25, -0.2) is 4.79 Å². The molecule has 2 aliphatic rings. The second-order valence-electron chi connectivity index (χ2n) is 8.11. The number of anilines is 2. The molecule has 0 atom stereocenters. The number of nitrogens with zero attached hydrogens (tertiary/aromatic N) is 3. The molecule has 1 fully saturated rings. The van der Waals surface area contributed by atoms with E-state index in [4.69, 9.17) is 0 Å². The lowest BCUT2D eigenvalue weighted by atomic mass is 10.1. The molecule has 2 aromatic carbocycles. The van der Waals surface area contributed by atoms with E-state index >= 15 is 0 Å². The van der Waals surface area contributed by atoms with Gasteiger partial charge in [0, 0.05) is 44.1 Å². The van der Waals surface area contributed by atoms with Crippen LogP contribution in [0.5, 0.6) is 0 Å². The third-order valence-corrected chi connectivity index (χ3v) is 5.46. The van der Waals surface area contributed by atoms with Gasteiger partial charge in [-0.05, 0) is 36.2 Å². The zero-order chi connectivity index (χ0) is 21.3. The van der Waals surface area contributed by atoms with Gasteiger partial charge >= 0.3 is 6.03 Å². The van der Waals surface area contributed by atoms with Crippen LogP contribution in [0.2, 0.25) is 0 Å². The Balaban J connectivity index is 1.39. The number of benzene rings is 2. The van der Waals surface area contributed by atoms with Gasteiger partial charge in [-0.15, -0.1) is 0 Å². The quantitative estimate of drug-likeness (QED) is 0.791. The van der Waals surface area contributed by atoms with Crippen molar-refractivity contribution in [2.24, 2.45) is 5.92 Å². The van der Waals surface area contributed by atoms with Crippen LogP contribution in [0, 0.1) is 5.92 Å². The normalized spacial score (nSPS) is 16.3. The summed E-state index contributed by atoms with van der Waals surface area (Å²) in [6, 6.07) is 14.9. The van der Waals surface area contributed by atoms with Gasteiger partial charge in [-0.2, -0.15) is 0 Å². The Morgan fingerprint density at radius 2 is 1.60 bits per heavy atom. The van der Waals surface area contributed by atoms with Gasteiger partial charge in [0.25, 0.3) is 11.8 Å². The van der Waals surface area contributed by atoms with Crippen molar-refractivity contribution in [1.82, 2.24) is 9.80 Å².